The van der Waals surface area contributed by atoms with Gasteiger partial charge < -0.3 is 20.7 Å². The summed E-state index contributed by atoms with van der Waals surface area (Å²) in [6.07, 6.45) is -0.463. The predicted octanol–water partition coefficient (Wildman–Crippen LogP) is 2.10. The molecule has 0 saturated heterocycles. The highest BCUT2D eigenvalue weighted by Crippen LogP contribution is 2.32. The Morgan fingerprint density at radius 3 is 2.89 bits per heavy atom. The minimum atomic E-state index is -0.463. The summed E-state index contributed by atoms with van der Waals surface area (Å²) in [6.45, 7) is 5.73. The number of nitrogens with one attached hydrogen (secondary N) is 3. The first-order valence-electron chi connectivity index (χ1n) is 6.15. The van der Waals surface area contributed by atoms with E-state index in [1.807, 2.05) is 26.0 Å². The maximum atomic E-state index is 11.5. The zero-order valence-corrected chi connectivity index (χ0v) is 11.9. The number of thiocarbonyl (C=S) groups is 1. The SMILES string of the molecule is CC(C)NC(=S)Nc1ccc2c(c1)NC(=O)[C@@H](C)O2. The van der Waals surface area contributed by atoms with E-state index in [2.05, 4.69) is 16.0 Å². The third kappa shape index (κ3) is 3.35. The molecular formula is C13H17N3O2S. The Balaban J connectivity index is 2.11. The van der Waals surface area contributed by atoms with E-state index >= 15 is 0 Å². The lowest BCUT2D eigenvalue weighted by Crippen LogP contribution is -2.35. The zero-order chi connectivity index (χ0) is 14.0. The first-order valence-corrected chi connectivity index (χ1v) is 6.55. The Bertz CT molecular complexity index is 517. The number of benzene rings is 1. The second kappa shape index (κ2) is 5.44. The molecule has 1 aliphatic rings. The first-order chi connectivity index (χ1) is 8.95. The molecule has 102 valence electrons. The van der Waals surface area contributed by atoms with Crippen molar-refractivity contribution in [1.29, 1.82) is 0 Å². The molecule has 1 aromatic carbocycles. The maximum Gasteiger partial charge on any atom is 0.265 e. The van der Waals surface area contributed by atoms with E-state index in [0.29, 0.717) is 16.5 Å². The Morgan fingerprint density at radius 2 is 2.21 bits per heavy atom. The van der Waals surface area contributed by atoms with Gasteiger partial charge in [-0.3, -0.25) is 4.79 Å². The van der Waals surface area contributed by atoms with Crippen LogP contribution >= 0.6 is 12.2 Å². The van der Waals surface area contributed by atoms with Crippen LogP contribution in [0.3, 0.4) is 0 Å². The van der Waals surface area contributed by atoms with Crippen molar-refractivity contribution in [3.8, 4) is 5.75 Å². The van der Waals surface area contributed by atoms with Gasteiger partial charge in [-0.25, -0.2) is 0 Å². The van der Waals surface area contributed by atoms with Gasteiger partial charge in [0.25, 0.3) is 5.91 Å². The van der Waals surface area contributed by atoms with Crippen molar-refractivity contribution in [3.05, 3.63) is 18.2 Å². The molecule has 0 saturated carbocycles. The van der Waals surface area contributed by atoms with Gasteiger partial charge in [-0.2, -0.15) is 0 Å². The standard InChI is InChI=1S/C13H17N3O2S/c1-7(2)14-13(19)15-9-4-5-11-10(6-9)16-12(17)8(3)18-11/h4-8H,1-3H3,(H,16,17)(H2,14,15,19)/t8-/m1/s1. The van der Waals surface area contributed by atoms with Gasteiger partial charge >= 0.3 is 0 Å². The molecule has 5 nitrogen and oxygen atoms in total. The summed E-state index contributed by atoms with van der Waals surface area (Å²) in [5, 5.41) is 9.50. The predicted molar refractivity (Wildman–Crippen MR) is 79.7 cm³/mol. The van der Waals surface area contributed by atoms with Gasteiger partial charge in [-0.05, 0) is 51.2 Å². The van der Waals surface area contributed by atoms with Crippen LogP contribution in [0.5, 0.6) is 5.75 Å². The molecule has 6 heteroatoms. The molecule has 1 heterocycles. The van der Waals surface area contributed by atoms with Crippen molar-refractivity contribution in [1.82, 2.24) is 5.32 Å². The highest BCUT2D eigenvalue weighted by atomic mass is 32.1. The highest BCUT2D eigenvalue weighted by molar-refractivity contribution is 7.80. The van der Waals surface area contributed by atoms with E-state index in [-0.39, 0.29) is 11.9 Å². The normalized spacial score (nSPS) is 17.3. The Hall–Kier alpha value is -1.82. The molecule has 0 aliphatic carbocycles. The first kappa shape index (κ1) is 13.6. The number of amides is 1. The van der Waals surface area contributed by atoms with Crippen LogP contribution in [0.1, 0.15) is 20.8 Å². The van der Waals surface area contributed by atoms with E-state index in [9.17, 15) is 4.79 Å². The average Bonchev–Trinajstić information content (AvgIpc) is 2.30. The minimum absolute atomic E-state index is 0.146. The molecule has 2 rings (SSSR count). The molecule has 0 unspecified atom stereocenters. The summed E-state index contributed by atoms with van der Waals surface area (Å²) in [5.74, 6) is 0.521. The van der Waals surface area contributed by atoms with Crippen LogP contribution in [0, 0.1) is 0 Å². The number of hydrogen-bond acceptors (Lipinski definition) is 3. The van der Waals surface area contributed by atoms with E-state index in [4.69, 9.17) is 17.0 Å². The Morgan fingerprint density at radius 1 is 1.47 bits per heavy atom. The van der Waals surface area contributed by atoms with Gasteiger partial charge in [0, 0.05) is 11.7 Å². The van der Waals surface area contributed by atoms with Crippen LogP contribution in [0.15, 0.2) is 18.2 Å². The number of carbonyl (C=O) groups is 1. The summed E-state index contributed by atoms with van der Waals surface area (Å²) < 4.78 is 5.48. The minimum Gasteiger partial charge on any atom is -0.479 e. The van der Waals surface area contributed by atoms with Crippen molar-refractivity contribution < 1.29 is 9.53 Å². The fourth-order valence-corrected chi connectivity index (χ4v) is 2.07. The van der Waals surface area contributed by atoms with Gasteiger partial charge in [0.1, 0.15) is 5.75 Å². The molecule has 0 bridgehead atoms. The number of ether oxygens (including phenoxy) is 1. The van der Waals surface area contributed by atoms with E-state index in [1.54, 1.807) is 13.0 Å². The summed E-state index contributed by atoms with van der Waals surface area (Å²) in [4.78, 5) is 11.5. The highest BCUT2D eigenvalue weighted by Gasteiger charge is 2.23. The maximum absolute atomic E-state index is 11.5. The molecule has 1 atom stereocenters. The van der Waals surface area contributed by atoms with Crippen LogP contribution in [-0.2, 0) is 4.79 Å². The van der Waals surface area contributed by atoms with Crippen LogP contribution in [-0.4, -0.2) is 23.2 Å². The topological polar surface area (TPSA) is 62.4 Å². The summed E-state index contributed by atoms with van der Waals surface area (Å²) in [7, 11) is 0. The van der Waals surface area contributed by atoms with Gasteiger partial charge in [-0.1, -0.05) is 0 Å². The summed E-state index contributed by atoms with van der Waals surface area (Å²) in [5.41, 5.74) is 1.45. The molecule has 1 aliphatic heterocycles. The van der Waals surface area contributed by atoms with Gasteiger partial charge in [0.2, 0.25) is 0 Å². The van der Waals surface area contributed by atoms with Crippen molar-refractivity contribution in [2.24, 2.45) is 0 Å². The largest absolute Gasteiger partial charge is 0.479 e. The fourth-order valence-electron chi connectivity index (χ4n) is 1.72. The van der Waals surface area contributed by atoms with Crippen molar-refractivity contribution in [2.75, 3.05) is 10.6 Å². The zero-order valence-electron chi connectivity index (χ0n) is 11.1. The monoisotopic (exact) mass is 279 g/mol. The van der Waals surface area contributed by atoms with Crippen LogP contribution in [0.25, 0.3) is 0 Å². The van der Waals surface area contributed by atoms with Crippen LogP contribution in [0.2, 0.25) is 0 Å². The van der Waals surface area contributed by atoms with Crippen molar-refractivity contribution in [2.45, 2.75) is 32.9 Å². The van der Waals surface area contributed by atoms with Crippen LogP contribution < -0.4 is 20.7 Å². The molecule has 1 amide bonds. The molecule has 0 spiro atoms. The number of fused-ring (bicyclic) bond motifs is 1. The lowest BCUT2D eigenvalue weighted by atomic mass is 10.2. The molecule has 1 aromatic rings. The molecule has 0 fully saturated rings. The smallest absolute Gasteiger partial charge is 0.265 e. The van der Waals surface area contributed by atoms with Crippen molar-refractivity contribution in [3.63, 3.8) is 0 Å². The van der Waals surface area contributed by atoms with Crippen LogP contribution in [0.4, 0.5) is 11.4 Å². The lowest BCUT2D eigenvalue weighted by molar-refractivity contribution is -0.122. The fraction of sp³-hybridized carbons (Fsp3) is 0.385. The third-order valence-corrected chi connectivity index (χ3v) is 2.81. The molecule has 0 aromatic heterocycles. The van der Waals surface area contributed by atoms with E-state index in [1.165, 1.54) is 0 Å². The molecule has 3 N–H and O–H groups in total. The molecule has 19 heavy (non-hydrogen) atoms. The number of carbonyl (C=O) groups excluding carboxylic acids is 1. The molecule has 0 radical (unpaired) electrons. The summed E-state index contributed by atoms with van der Waals surface area (Å²) in [6, 6.07) is 5.73. The van der Waals surface area contributed by atoms with Gasteiger partial charge in [0.05, 0.1) is 5.69 Å². The number of rotatable bonds is 2. The second-order valence-electron chi connectivity index (χ2n) is 4.71. The second-order valence-corrected chi connectivity index (χ2v) is 5.12. The lowest BCUT2D eigenvalue weighted by Gasteiger charge is -2.24. The number of hydrogen-bond donors (Lipinski definition) is 3. The Labute approximate surface area is 117 Å². The van der Waals surface area contributed by atoms with Gasteiger partial charge in [-0.15, -0.1) is 0 Å². The molecular weight excluding hydrogens is 262 g/mol. The number of anilines is 2. The quantitative estimate of drug-likeness (QED) is 0.724. The summed E-state index contributed by atoms with van der Waals surface area (Å²) >= 11 is 5.17. The Kier molecular flexibility index (Phi) is 3.90. The van der Waals surface area contributed by atoms with E-state index in [0.717, 1.165) is 5.69 Å². The third-order valence-electron chi connectivity index (χ3n) is 2.59. The van der Waals surface area contributed by atoms with Crippen molar-refractivity contribution >= 4 is 34.6 Å². The van der Waals surface area contributed by atoms with E-state index < -0.39 is 6.10 Å². The average molecular weight is 279 g/mol. The van der Waals surface area contributed by atoms with Gasteiger partial charge in [0.15, 0.2) is 11.2 Å².